The number of nitrogens with one attached hydrogen (secondary N) is 1. The van der Waals surface area contributed by atoms with Gasteiger partial charge in [0, 0.05) is 18.2 Å². The van der Waals surface area contributed by atoms with Gasteiger partial charge in [-0.15, -0.1) is 0 Å². The molecule has 24 heavy (non-hydrogen) atoms. The number of aromatic amines is 1. The Labute approximate surface area is 138 Å². The third-order valence-electron chi connectivity index (χ3n) is 4.07. The molecule has 0 aromatic carbocycles. The predicted molar refractivity (Wildman–Crippen MR) is 84.4 cm³/mol. The Hall–Kier alpha value is -1.97. The van der Waals surface area contributed by atoms with Gasteiger partial charge in [-0.25, -0.2) is 4.79 Å². The minimum atomic E-state index is -0.776. The summed E-state index contributed by atoms with van der Waals surface area (Å²) in [6, 6.07) is -0.776. The van der Waals surface area contributed by atoms with Gasteiger partial charge in [-0.1, -0.05) is 13.8 Å². The lowest BCUT2D eigenvalue weighted by molar-refractivity contribution is -0.155. The van der Waals surface area contributed by atoms with Crippen LogP contribution in [0.2, 0.25) is 0 Å². The number of rotatable bonds is 5. The first-order valence-electron chi connectivity index (χ1n) is 7.79. The number of aliphatic hydroxyl groups is 1. The Balaban J connectivity index is 2.18. The van der Waals surface area contributed by atoms with Gasteiger partial charge in [0.25, 0.3) is 5.56 Å². The van der Waals surface area contributed by atoms with E-state index in [4.69, 9.17) is 15.2 Å². The minimum Gasteiger partial charge on any atom is -0.458 e. The maximum Gasteiger partial charge on any atom is 0.330 e. The molecule has 0 spiro atoms. The first-order chi connectivity index (χ1) is 11.2. The summed E-state index contributed by atoms with van der Waals surface area (Å²) in [4.78, 5) is 37.6. The highest BCUT2D eigenvalue weighted by Gasteiger charge is 2.39. The number of nitrogens with two attached hydrogens (primary N) is 1. The predicted octanol–water partition coefficient (Wildman–Crippen LogP) is -0.980. The third-order valence-corrected chi connectivity index (χ3v) is 4.07. The van der Waals surface area contributed by atoms with Gasteiger partial charge in [0.2, 0.25) is 0 Å². The van der Waals surface area contributed by atoms with E-state index in [9.17, 15) is 19.5 Å². The summed E-state index contributed by atoms with van der Waals surface area (Å²) in [6.45, 7) is 4.78. The van der Waals surface area contributed by atoms with E-state index < -0.39 is 41.7 Å². The van der Waals surface area contributed by atoms with Crippen LogP contribution in [-0.2, 0) is 14.3 Å². The molecule has 1 aromatic rings. The normalized spacial score (nSPS) is 25.0. The molecule has 1 aliphatic heterocycles. The molecule has 0 saturated carbocycles. The van der Waals surface area contributed by atoms with Gasteiger partial charge >= 0.3 is 11.7 Å². The Bertz CT molecular complexity index is 710. The lowest BCUT2D eigenvalue weighted by Gasteiger charge is -2.20. The van der Waals surface area contributed by atoms with Crippen LogP contribution < -0.4 is 17.0 Å². The number of hydrogen-bond donors (Lipinski definition) is 3. The summed E-state index contributed by atoms with van der Waals surface area (Å²) < 4.78 is 12.2. The van der Waals surface area contributed by atoms with E-state index in [-0.39, 0.29) is 18.9 Å². The molecule has 0 bridgehead atoms. The fourth-order valence-corrected chi connectivity index (χ4v) is 2.46. The van der Waals surface area contributed by atoms with E-state index in [0.717, 1.165) is 0 Å². The van der Waals surface area contributed by atoms with Crippen molar-refractivity contribution in [2.45, 2.75) is 51.7 Å². The zero-order chi connectivity index (χ0) is 18.0. The Kier molecular flexibility index (Phi) is 5.58. The van der Waals surface area contributed by atoms with Gasteiger partial charge in [-0.3, -0.25) is 19.1 Å². The highest BCUT2D eigenvalue weighted by molar-refractivity contribution is 5.76. The number of aliphatic hydroxyl groups excluding tert-OH is 1. The lowest BCUT2D eigenvalue weighted by Crippen LogP contribution is -2.41. The first kappa shape index (κ1) is 18.4. The number of aromatic nitrogens is 2. The minimum absolute atomic E-state index is 0.0901. The molecular weight excluding hydrogens is 318 g/mol. The molecule has 0 radical (unpaired) electrons. The smallest absolute Gasteiger partial charge is 0.330 e. The molecule has 1 aliphatic rings. The van der Waals surface area contributed by atoms with Crippen LogP contribution >= 0.6 is 0 Å². The number of ether oxygens (including phenoxy) is 2. The number of carbonyl (C=O) groups excluding carboxylic acids is 1. The third kappa shape index (κ3) is 3.74. The van der Waals surface area contributed by atoms with Crippen molar-refractivity contribution in [3.63, 3.8) is 0 Å². The molecule has 134 valence electrons. The maximum atomic E-state index is 12.0. The molecule has 1 fully saturated rings. The van der Waals surface area contributed by atoms with Gasteiger partial charge in [0.15, 0.2) is 0 Å². The second-order valence-electron chi connectivity index (χ2n) is 6.27. The maximum absolute atomic E-state index is 12.0. The van der Waals surface area contributed by atoms with Crippen molar-refractivity contribution < 1.29 is 19.4 Å². The topological polar surface area (TPSA) is 137 Å². The average molecular weight is 341 g/mol. The Morgan fingerprint density at radius 1 is 1.54 bits per heavy atom. The second kappa shape index (κ2) is 7.29. The highest BCUT2D eigenvalue weighted by Crippen LogP contribution is 2.30. The van der Waals surface area contributed by atoms with Crippen molar-refractivity contribution >= 4 is 5.97 Å². The largest absolute Gasteiger partial charge is 0.458 e. The number of esters is 1. The van der Waals surface area contributed by atoms with Crippen molar-refractivity contribution in [3.8, 4) is 0 Å². The van der Waals surface area contributed by atoms with E-state index >= 15 is 0 Å². The monoisotopic (exact) mass is 341 g/mol. The highest BCUT2D eigenvalue weighted by atomic mass is 16.6. The van der Waals surface area contributed by atoms with Crippen LogP contribution in [-0.4, -0.2) is 45.5 Å². The van der Waals surface area contributed by atoms with Crippen molar-refractivity contribution in [2.24, 2.45) is 11.7 Å². The molecule has 2 heterocycles. The quantitative estimate of drug-likeness (QED) is 0.585. The van der Waals surface area contributed by atoms with Gasteiger partial charge in [0.05, 0.1) is 6.61 Å². The van der Waals surface area contributed by atoms with Crippen LogP contribution in [0.25, 0.3) is 0 Å². The standard InChI is InChI=1S/C15H23N3O6/c1-7(2)12(16)14(21)24-9-4-11(23-10(9)6-19)18-5-8(3)13(20)17-15(18)22/h5,7,9-12,19H,4,6,16H2,1-3H3,(H,17,20,22)/t9?,10-,11-,12-/m0/s1. The number of carbonyl (C=O) groups is 1. The number of hydrogen-bond acceptors (Lipinski definition) is 7. The molecule has 0 aliphatic carbocycles. The fraction of sp³-hybridized carbons (Fsp3) is 0.667. The molecule has 9 nitrogen and oxygen atoms in total. The molecule has 9 heteroatoms. The second-order valence-corrected chi connectivity index (χ2v) is 6.27. The van der Waals surface area contributed by atoms with E-state index in [1.807, 2.05) is 0 Å². The molecule has 2 rings (SSSR count). The molecule has 4 atom stereocenters. The molecule has 1 aromatic heterocycles. The van der Waals surface area contributed by atoms with Gasteiger partial charge < -0.3 is 20.3 Å². The molecule has 4 N–H and O–H groups in total. The number of aryl methyl sites for hydroxylation is 1. The van der Waals surface area contributed by atoms with Crippen molar-refractivity contribution in [1.29, 1.82) is 0 Å². The first-order valence-corrected chi connectivity index (χ1v) is 7.79. The molecule has 1 saturated heterocycles. The Morgan fingerprint density at radius 3 is 2.79 bits per heavy atom. The fourth-order valence-electron chi connectivity index (χ4n) is 2.46. The number of H-pyrrole nitrogens is 1. The zero-order valence-corrected chi connectivity index (χ0v) is 13.9. The van der Waals surface area contributed by atoms with Crippen molar-refractivity contribution in [3.05, 3.63) is 32.6 Å². The summed E-state index contributed by atoms with van der Waals surface area (Å²) in [5, 5.41) is 9.44. The van der Waals surface area contributed by atoms with Crippen LogP contribution in [0.1, 0.15) is 32.1 Å². The van der Waals surface area contributed by atoms with Crippen LogP contribution in [0.15, 0.2) is 15.8 Å². The summed E-state index contributed by atoms with van der Waals surface area (Å²) >= 11 is 0. The van der Waals surface area contributed by atoms with Gasteiger partial charge in [-0.05, 0) is 12.8 Å². The van der Waals surface area contributed by atoms with E-state index in [1.165, 1.54) is 10.8 Å². The van der Waals surface area contributed by atoms with Gasteiger partial charge in [-0.2, -0.15) is 0 Å². The SMILES string of the molecule is Cc1cn([C@@H]2CC(OC(=O)[C@@H](N)C(C)C)[C@H](CO)O2)c(=O)[nH]c1=O. The van der Waals surface area contributed by atoms with Crippen LogP contribution in [0.3, 0.4) is 0 Å². The van der Waals surface area contributed by atoms with Crippen LogP contribution in [0.5, 0.6) is 0 Å². The molecule has 1 unspecified atom stereocenters. The van der Waals surface area contributed by atoms with E-state index in [1.54, 1.807) is 20.8 Å². The van der Waals surface area contributed by atoms with Crippen LogP contribution in [0.4, 0.5) is 0 Å². The van der Waals surface area contributed by atoms with Crippen molar-refractivity contribution in [1.82, 2.24) is 9.55 Å². The van der Waals surface area contributed by atoms with E-state index in [0.29, 0.717) is 5.56 Å². The zero-order valence-electron chi connectivity index (χ0n) is 13.9. The molecular formula is C15H23N3O6. The van der Waals surface area contributed by atoms with Gasteiger partial charge in [0.1, 0.15) is 24.5 Å². The van der Waals surface area contributed by atoms with Crippen LogP contribution in [0, 0.1) is 12.8 Å². The summed E-state index contributed by atoms with van der Waals surface area (Å²) in [5.41, 5.74) is 5.01. The van der Waals surface area contributed by atoms with E-state index in [2.05, 4.69) is 4.98 Å². The number of nitrogens with zero attached hydrogens (tertiary/aromatic N) is 1. The Morgan fingerprint density at radius 2 is 2.21 bits per heavy atom. The summed E-state index contributed by atoms with van der Waals surface area (Å²) in [7, 11) is 0. The summed E-state index contributed by atoms with van der Waals surface area (Å²) in [6.07, 6.45) is -0.690. The molecule has 0 amide bonds. The summed E-state index contributed by atoms with van der Waals surface area (Å²) in [5.74, 6) is -0.671. The lowest BCUT2D eigenvalue weighted by atomic mass is 10.1. The average Bonchev–Trinajstić information content (AvgIpc) is 2.92. The van der Waals surface area contributed by atoms with Crippen molar-refractivity contribution in [2.75, 3.05) is 6.61 Å².